The third kappa shape index (κ3) is 27.9. The lowest BCUT2D eigenvalue weighted by molar-refractivity contribution is -0.152. The fraction of sp³-hybridized carbons (Fsp3) is 0.700. The molecule has 12 amide bonds. The third-order valence-electron chi connectivity index (χ3n) is 20.2. The first-order chi connectivity index (χ1) is 50.1. The van der Waals surface area contributed by atoms with Crippen molar-refractivity contribution in [1.82, 2.24) is 60.5 Å². The van der Waals surface area contributed by atoms with Crippen molar-refractivity contribution in [2.24, 2.45) is 35.0 Å². The fourth-order valence-corrected chi connectivity index (χ4v) is 13.6. The lowest BCUT2D eigenvalue weighted by atomic mass is 9.96. The van der Waals surface area contributed by atoms with Gasteiger partial charge in [0.15, 0.2) is 0 Å². The second-order valence-corrected chi connectivity index (χ2v) is 32.6. The standard InChI is InChI=1S/C80H130N12O15/c1-50(2)39-58-74(101)87(16)63(42-53(7)8)73(100)84-69(55(11)94)79(106)91(20)65(43-54(9)10)77(104)88(17)62(41-52(5)6)71(98)82-59(76(103)92-37-28-23-29-38-92)46-68(96)85(14)36-30-35-67(95)86(15)61(40-51(3)4)70(97)83-60(47-107-49-80(12,13)48-93)75(102)90(19)66(45-57-33-26-22-27-34-57)78(105)89(18)64(72(99)81-58)44-56-31-24-21-25-32-56/h21-22,24-27,31-34,50-55,58-66,69,93-94H,23,28-30,35-49H2,1-20H3,(H,81,99)(H,82,98)(H,83,97)(H,84,100)/t55-,58+,59+,60+,61+,62+,63+,64+,65+,66+,69+/m1/s1. The van der Waals surface area contributed by atoms with Gasteiger partial charge in [0.2, 0.25) is 70.9 Å². The highest BCUT2D eigenvalue weighted by atomic mass is 16.5. The highest BCUT2D eigenvalue weighted by Crippen LogP contribution is 2.25. The van der Waals surface area contributed by atoms with Gasteiger partial charge in [-0.05, 0) is 105 Å². The van der Waals surface area contributed by atoms with Gasteiger partial charge in [0.05, 0.1) is 32.3 Å². The zero-order valence-corrected chi connectivity index (χ0v) is 67.7. The molecule has 27 nitrogen and oxygen atoms in total. The maximum Gasteiger partial charge on any atom is 0.248 e. The van der Waals surface area contributed by atoms with E-state index in [1.165, 1.54) is 85.7 Å². The van der Waals surface area contributed by atoms with Crippen LogP contribution in [0.4, 0.5) is 0 Å². The van der Waals surface area contributed by atoms with Crippen molar-refractivity contribution < 1.29 is 72.5 Å². The average Bonchev–Trinajstić information content (AvgIpc) is 0.813. The van der Waals surface area contributed by atoms with Crippen LogP contribution >= 0.6 is 0 Å². The van der Waals surface area contributed by atoms with E-state index in [1.807, 2.05) is 69.2 Å². The second-order valence-electron chi connectivity index (χ2n) is 32.6. The molecule has 0 saturated carbocycles. The molecule has 4 rings (SSSR count). The number of piperidine rings is 1. The van der Waals surface area contributed by atoms with Crippen LogP contribution in [-0.2, 0) is 75.1 Å². The molecule has 0 radical (unpaired) electrons. The van der Waals surface area contributed by atoms with E-state index < -0.39 is 156 Å². The smallest absolute Gasteiger partial charge is 0.248 e. The number of carbonyl (C=O) groups excluding carboxylic acids is 12. The van der Waals surface area contributed by atoms with Gasteiger partial charge in [0.1, 0.15) is 60.4 Å². The Kier molecular flexibility index (Phi) is 36.9. The first-order valence-corrected chi connectivity index (χ1v) is 38.4. The summed E-state index contributed by atoms with van der Waals surface area (Å²) in [6, 6.07) is 4.18. The van der Waals surface area contributed by atoms with Gasteiger partial charge in [-0.25, -0.2) is 0 Å². The normalized spacial score (nSPS) is 24.6. The van der Waals surface area contributed by atoms with Gasteiger partial charge in [-0.3, -0.25) is 57.5 Å². The number of carbonyl (C=O) groups is 12. The van der Waals surface area contributed by atoms with Gasteiger partial charge in [-0.2, -0.15) is 0 Å². The molecule has 2 aromatic carbocycles. The molecule has 2 heterocycles. The van der Waals surface area contributed by atoms with E-state index in [0.29, 0.717) is 37.1 Å². The number of rotatable bonds is 21. The largest absolute Gasteiger partial charge is 0.396 e. The molecule has 2 saturated heterocycles. The van der Waals surface area contributed by atoms with Crippen LogP contribution in [0.1, 0.15) is 172 Å². The molecule has 27 heteroatoms. The van der Waals surface area contributed by atoms with Crippen LogP contribution in [-0.4, -0.2) is 276 Å². The molecular weight excluding hydrogens is 1370 g/mol. The summed E-state index contributed by atoms with van der Waals surface area (Å²) in [7, 11) is 10.0. The minimum absolute atomic E-state index is 0.0163. The molecule has 107 heavy (non-hydrogen) atoms. The summed E-state index contributed by atoms with van der Waals surface area (Å²) in [6.45, 7) is 23.3. The van der Waals surface area contributed by atoms with E-state index >= 15 is 43.2 Å². The van der Waals surface area contributed by atoms with E-state index in [-0.39, 0.29) is 107 Å². The molecule has 6 N–H and O–H groups in total. The molecular formula is C80H130N12O15. The Bertz CT molecular complexity index is 3250. The number of amides is 12. The van der Waals surface area contributed by atoms with Crippen molar-refractivity contribution in [1.29, 1.82) is 0 Å². The Labute approximate surface area is 636 Å². The van der Waals surface area contributed by atoms with E-state index in [4.69, 9.17) is 4.74 Å². The van der Waals surface area contributed by atoms with Crippen molar-refractivity contribution in [3.8, 4) is 0 Å². The molecule has 2 aromatic rings. The minimum atomic E-state index is -1.69. The van der Waals surface area contributed by atoms with Crippen molar-refractivity contribution in [3.05, 3.63) is 71.8 Å². The summed E-state index contributed by atoms with van der Waals surface area (Å²) in [6.07, 6.45) is 0.408. The Hall–Kier alpha value is -8.04. The Morgan fingerprint density at radius 3 is 1.36 bits per heavy atom. The van der Waals surface area contributed by atoms with E-state index in [0.717, 1.165) is 11.3 Å². The first kappa shape index (κ1) is 91.3. The molecule has 11 atom stereocenters. The van der Waals surface area contributed by atoms with Crippen LogP contribution in [0.3, 0.4) is 0 Å². The number of aliphatic hydroxyl groups excluding tert-OH is 2. The zero-order valence-electron chi connectivity index (χ0n) is 67.7. The number of likely N-dealkylation sites (N-methyl/N-ethyl adjacent to an activating group) is 6. The average molecular weight is 1500 g/mol. The molecule has 0 bridgehead atoms. The Morgan fingerprint density at radius 1 is 0.458 bits per heavy atom. The summed E-state index contributed by atoms with van der Waals surface area (Å²) >= 11 is 0. The fourth-order valence-electron chi connectivity index (χ4n) is 13.6. The van der Waals surface area contributed by atoms with Crippen LogP contribution in [0.5, 0.6) is 0 Å². The highest BCUT2D eigenvalue weighted by molar-refractivity contribution is 6.00. The number of ether oxygens (including phenoxy) is 1. The predicted octanol–water partition coefficient (Wildman–Crippen LogP) is 4.67. The molecule has 2 aliphatic rings. The third-order valence-corrected chi connectivity index (χ3v) is 20.2. The van der Waals surface area contributed by atoms with Gasteiger partial charge in [0.25, 0.3) is 0 Å². The summed E-state index contributed by atoms with van der Waals surface area (Å²) in [5.41, 5.74) is 0.479. The van der Waals surface area contributed by atoms with Crippen LogP contribution in [0.15, 0.2) is 60.7 Å². The van der Waals surface area contributed by atoms with Crippen LogP contribution in [0.2, 0.25) is 0 Å². The minimum Gasteiger partial charge on any atom is -0.396 e. The molecule has 0 unspecified atom stereocenters. The number of nitrogens with zero attached hydrogens (tertiary/aromatic N) is 8. The number of likely N-dealkylation sites (tertiary alicyclic amines) is 1. The molecule has 0 aromatic heterocycles. The van der Waals surface area contributed by atoms with E-state index in [9.17, 15) is 24.6 Å². The predicted molar refractivity (Wildman–Crippen MR) is 410 cm³/mol. The maximum absolute atomic E-state index is 15.8. The van der Waals surface area contributed by atoms with E-state index in [1.54, 1.807) is 79.4 Å². The number of nitrogens with one attached hydrogen (secondary N) is 4. The van der Waals surface area contributed by atoms with Gasteiger partial charge in [-0.1, -0.05) is 144 Å². The van der Waals surface area contributed by atoms with Crippen molar-refractivity contribution >= 4 is 70.9 Å². The van der Waals surface area contributed by atoms with Crippen molar-refractivity contribution in [2.45, 2.75) is 240 Å². The SMILES string of the molecule is CC(C)C[C@@H]1NC(=O)[C@H](Cc2ccccc2)N(C)C(=O)[C@H](Cc2ccccc2)N(C)C(=O)[C@H](COCC(C)(C)CO)NC(=O)[C@H](CC(C)C)N(C)C(=O)CCCN(C)C(=O)C[C@@H](C(=O)N2CCCCC2)NC(=O)[C@H](CC(C)C)N(C)C(=O)[C@H](CC(C)C)N(C)C(=O)[C@H]([C@@H](C)O)NC(=O)[C@H](CC(C)C)N(C)C1=O. The van der Waals surface area contributed by atoms with Crippen LogP contribution in [0.25, 0.3) is 0 Å². The van der Waals surface area contributed by atoms with Crippen molar-refractivity contribution in [2.75, 3.05) is 88.8 Å². The van der Waals surface area contributed by atoms with Crippen molar-refractivity contribution in [3.63, 3.8) is 0 Å². The molecule has 0 aliphatic carbocycles. The summed E-state index contributed by atoms with van der Waals surface area (Å²) < 4.78 is 6.14. The number of hydrogen-bond donors (Lipinski definition) is 6. The lowest BCUT2D eigenvalue weighted by Gasteiger charge is -2.38. The summed E-state index contributed by atoms with van der Waals surface area (Å²) in [5.74, 6) is -9.29. The monoisotopic (exact) mass is 1500 g/mol. The van der Waals surface area contributed by atoms with Gasteiger partial charge in [0, 0.05) is 93.6 Å². The quantitative estimate of drug-likeness (QED) is 0.0989. The Morgan fingerprint density at radius 2 is 0.860 bits per heavy atom. The van der Waals surface area contributed by atoms with Crippen LogP contribution < -0.4 is 21.3 Å². The zero-order chi connectivity index (χ0) is 80.5. The lowest BCUT2D eigenvalue weighted by Crippen LogP contribution is -2.63. The van der Waals surface area contributed by atoms with Gasteiger partial charge < -0.3 is 75.4 Å². The maximum atomic E-state index is 15.8. The Balaban J connectivity index is 1.99. The van der Waals surface area contributed by atoms with E-state index in [2.05, 4.69) is 21.3 Å². The van der Waals surface area contributed by atoms with Gasteiger partial charge >= 0.3 is 0 Å². The molecule has 600 valence electrons. The summed E-state index contributed by atoms with van der Waals surface area (Å²) in [4.78, 5) is 191. The number of benzene rings is 2. The number of aliphatic hydroxyl groups is 2. The number of hydrogen-bond acceptors (Lipinski definition) is 15. The second kappa shape index (κ2) is 43.2. The summed E-state index contributed by atoms with van der Waals surface area (Å²) in [5, 5.41) is 33.2. The van der Waals surface area contributed by atoms with Gasteiger partial charge in [-0.15, -0.1) is 0 Å². The highest BCUT2D eigenvalue weighted by Gasteiger charge is 2.45. The topological polar surface area (TPSA) is 329 Å². The molecule has 2 fully saturated rings. The molecule has 0 spiro atoms. The first-order valence-electron chi connectivity index (χ1n) is 38.4. The van der Waals surface area contributed by atoms with Crippen LogP contribution in [0, 0.1) is 35.0 Å². The molecule has 2 aliphatic heterocycles.